The Morgan fingerprint density at radius 1 is 1.18 bits per heavy atom. The lowest BCUT2D eigenvalue weighted by atomic mass is 9.95. The highest BCUT2D eigenvalue weighted by atomic mass is 19.4. The summed E-state index contributed by atoms with van der Waals surface area (Å²) in [6, 6.07) is 4.95. The Balaban J connectivity index is 2.13. The third-order valence-electron chi connectivity index (χ3n) is 4.13. The van der Waals surface area contributed by atoms with Crippen molar-refractivity contribution in [2.24, 2.45) is 5.41 Å². The normalized spacial score (nSPS) is 12.4. The van der Waals surface area contributed by atoms with E-state index in [4.69, 9.17) is 0 Å². The van der Waals surface area contributed by atoms with Gasteiger partial charge in [-0.25, -0.2) is 4.52 Å². The number of fused-ring (bicyclic) bond motifs is 1. The molecule has 0 aliphatic rings. The van der Waals surface area contributed by atoms with Gasteiger partial charge in [0.05, 0.1) is 5.56 Å². The van der Waals surface area contributed by atoms with Crippen LogP contribution >= 0.6 is 0 Å². The molecule has 1 amide bonds. The molecule has 0 saturated heterocycles. The van der Waals surface area contributed by atoms with Crippen molar-refractivity contribution in [3.8, 4) is 11.4 Å². The summed E-state index contributed by atoms with van der Waals surface area (Å²) in [6.45, 7) is 6.72. The van der Waals surface area contributed by atoms with Gasteiger partial charge in [-0.1, -0.05) is 20.8 Å². The maximum Gasteiger partial charge on any atom is 0.417 e. The first-order valence-electron chi connectivity index (χ1n) is 8.48. The number of carbonyl (C=O) groups excluding carboxylic acids is 1. The van der Waals surface area contributed by atoms with Crippen LogP contribution in [0.4, 0.5) is 18.9 Å². The Hall–Kier alpha value is -3.10. The van der Waals surface area contributed by atoms with Gasteiger partial charge in [-0.3, -0.25) is 9.59 Å². The van der Waals surface area contributed by atoms with E-state index in [1.807, 2.05) is 0 Å². The number of halogens is 3. The molecule has 28 heavy (non-hydrogen) atoms. The molecule has 0 aliphatic carbocycles. The summed E-state index contributed by atoms with van der Waals surface area (Å²) in [5.41, 5.74) is -1.60. The molecule has 2 aromatic heterocycles. The van der Waals surface area contributed by atoms with Crippen molar-refractivity contribution in [3.05, 3.63) is 51.9 Å². The Labute approximate surface area is 158 Å². The number of aromatic amines is 1. The zero-order valence-electron chi connectivity index (χ0n) is 15.7. The van der Waals surface area contributed by atoms with Gasteiger partial charge >= 0.3 is 6.18 Å². The first-order chi connectivity index (χ1) is 12.9. The third kappa shape index (κ3) is 3.78. The molecule has 1 aromatic carbocycles. The lowest BCUT2D eigenvalue weighted by molar-refractivity contribution is -0.137. The van der Waals surface area contributed by atoms with E-state index in [0.717, 1.165) is 11.6 Å². The molecule has 0 aliphatic heterocycles. The van der Waals surface area contributed by atoms with E-state index >= 15 is 0 Å². The monoisotopic (exact) mass is 392 g/mol. The fourth-order valence-electron chi connectivity index (χ4n) is 2.64. The van der Waals surface area contributed by atoms with Crippen molar-refractivity contribution >= 4 is 17.1 Å². The second-order valence-corrected chi connectivity index (χ2v) is 7.61. The molecule has 0 unspecified atom stereocenters. The van der Waals surface area contributed by atoms with Gasteiger partial charge in [0, 0.05) is 22.9 Å². The molecule has 3 aromatic rings. The quantitative estimate of drug-likeness (QED) is 0.692. The number of aryl methyl sites for hydroxylation is 1. The molecular weight excluding hydrogens is 373 g/mol. The SMILES string of the molecule is Cc1cc2c(=O)[nH]c(-c3ccc(NC(=O)C(C)(C)C)cc3C(F)(F)F)nn2c1. The fraction of sp³-hybridized carbons (Fsp3) is 0.316. The maximum atomic E-state index is 13.7. The van der Waals surface area contributed by atoms with E-state index < -0.39 is 28.6 Å². The van der Waals surface area contributed by atoms with E-state index in [1.54, 1.807) is 40.0 Å². The second-order valence-electron chi connectivity index (χ2n) is 7.61. The Morgan fingerprint density at radius 2 is 1.86 bits per heavy atom. The van der Waals surface area contributed by atoms with Crippen molar-refractivity contribution in [1.82, 2.24) is 14.6 Å². The Morgan fingerprint density at radius 3 is 2.46 bits per heavy atom. The molecule has 0 spiro atoms. The molecule has 0 saturated carbocycles. The Bertz CT molecular complexity index is 1120. The van der Waals surface area contributed by atoms with Gasteiger partial charge < -0.3 is 10.3 Å². The summed E-state index contributed by atoms with van der Waals surface area (Å²) in [6.07, 6.45) is -3.16. The van der Waals surface area contributed by atoms with Crippen molar-refractivity contribution in [1.29, 1.82) is 0 Å². The number of hydrogen-bond acceptors (Lipinski definition) is 3. The van der Waals surface area contributed by atoms with E-state index in [1.165, 1.54) is 16.6 Å². The molecule has 2 heterocycles. The molecule has 2 N–H and O–H groups in total. The minimum atomic E-state index is -4.71. The molecule has 9 heteroatoms. The summed E-state index contributed by atoms with van der Waals surface area (Å²) in [4.78, 5) is 26.7. The van der Waals surface area contributed by atoms with Crippen LogP contribution in [0.5, 0.6) is 0 Å². The van der Waals surface area contributed by atoms with Crippen LogP contribution in [0.2, 0.25) is 0 Å². The van der Waals surface area contributed by atoms with Gasteiger partial charge in [0.25, 0.3) is 5.56 Å². The number of nitrogens with one attached hydrogen (secondary N) is 2. The van der Waals surface area contributed by atoms with Crippen LogP contribution in [0.3, 0.4) is 0 Å². The predicted molar refractivity (Wildman–Crippen MR) is 99.1 cm³/mol. The summed E-state index contributed by atoms with van der Waals surface area (Å²) in [5.74, 6) is -0.627. The molecule has 0 radical (unpaired) electrons. The average Bonchev–Trinajstić information content (AvgIpc) is 2.94. The zero-order chi connectivity index (χ0) is 20.9. The number of amides is 1. The second kappa shape index (κ2) is 6.50. The number of H-pyrrole nitrogens is 1. The topological polar surface area (TPSA) is 79.3 Å². The van der Waals surface area contributed by atoms with Gasteiger partial charge in [-0.15, -0.1) is 5.10 Å². The van der Waals surface area contributed by atoms with E-state index in [9.17, 15) is 22.8 Å². The number of rotatable bonds is 2. The van der Waals surface area contributed by atoms with Gasteiger partial charge in [0.2, 0.25) is 5.91 Å². The fourth-order valence-corrected chi connectivity index (χ4v) is 2.64. The zero-order valence-corrected chi connectivity index (χ0v) is 15.7. The van der Waals surface area contributed by atoms with Crippen LogP contribution in [-0.4, -0.2) is 20.5 Å². The summed E-state index contributed by atoms with van der Waals surface area (Å²) < 4.78 is 42.2. The number of alkyl halides is 3. The predicted octanol–water partition coefficient (Wildman–Crippen LogP) is 4.00. The highest BCUT2D eigenvalue weighted by Crippen LogP contribution is 2.37. The highest BCUT2D eigenvalue weighted by molar-refractivity contribution is 5.94. The number of nitrogens with zero attached hydrogens (tertiary/aromatic N) is 2. The molecular formula is C19H19F3N4O2. The van der Waals surface area contributed by atoms with Gasteiger partial charge in [-0.05, 0) is 36.8 Å². The van der Waals surface area contributed by atoms with Crippen molar-refractivity contribution < 1.29 is 18.0 Å². The van der Waals surface area contributed by atoms with Crippen LogP contribution in [-0.2, 0) is 11.0 Å². The van der Waals surface area contributed by atoms with Crippen LogP contribution in [0.15, 0.2) is 35.3 Å². The number of carbonyl (C=O) groups is 1. The average molecular weight is 392 g/mol. The van der Waals surface area contributed by atoms with E-state index in [0.29, 0.717) is 0 Å². The number of hydrogen-bond donors (Lipinski definition) is 2. The molecule has 148 valence electrons. The molecule has 0 fully saturated rings. The Kier molecular flexibility index (Phi) is 4.57. The lowest BCUT2D eigenvalue weighted by Gasteiger charge is -2.19. The van der Waals surface area contributed by atoms with Crippen molar-refractivity contribution in [2.45, 2.75) is 33.9 Å². The highest BCUT2D eigenvalue weighted by Gasteiger charge is 2.35. The molecule has 0 bridgehead atoms. The minimum Gasteiger partial charge on any atom is -0.326 e. The van der Waals surface area contributed by atoms with Crippen molar-refractivity contribution in [3.63, 3.8) is 0 Å². The summed E-state index contributed by atoms with van der Waals surface area (Å²) >= 11 is 0. The van der Waals surface area contributed by atoms with Gasteiger partial charge in [-0.2, -0.15) is 13.2 Å². The standard InChI is InChI=1S/C19H19F3N4O2/c1-10-7-14-16(27)24-15(25-26(14)9-10)12-6-5-11(8-13(12)19(20,21)22)23-17(28)18(2,3)4/h5-9H,1-4H3,(H,23,28)(H,24,25,27). The molecule has 0 atom stereocenters. The molecule has 3 rings (SSSR count). The summed E-state index contributed by atoms with van der Waals surface area (Å²) in [5, 5.41) is 6.59. The van der Waals surface area contributed by atoms with Crippen LogP contribution in [0.1, 0.15) is 31.9 Å². The van der Waals surface area contributed by atoms with E-state index in [-0.39, 0.29) is 22.6 Å². The first-order valence-corrected chi connectivity index (χ1v) is 8.48. The van der Waals surface area contributed by atoms with Crippen molar-refractivity contribution in [2.75, 3.05) is 5.32 Å². The smallest absolute Gasteiger partial charge is 0.326 e. The number of benzene rings is 1. The van der Waals surface area contributed by atoms with Crippen LogP contribution < -0.4 is 10.9 Å². The van der Waals surface area contributed by atoms with Gasteiger partial charge in [0.1, 0.15) is 5.52 Å². The summed E-state index contributed by atoms with van der Waals surface area (Å²) in [7, 11) is 0. The third-order valence-corrected chi connectivity index (χ3v) is 4.13. The van der Waals surface area contributed by atoms with E-state index in [2.05, 4.69) is 15.4 Å². The van der Waals surface area contributed by atoms with Gasteiger partial charge in [0.15, 0.2) is 5.82 Å². The minimum absolute atomic E-state index is 0.0104. The lowest BCUT2D eigenvalue weighted by Crippen LogP contribution is -2.27. The number of anilines is 1. The van der Waals surface area contributed by atoms with Crippen LogP contribution in [0, 0.1) is 12.3 Å². The molecule has 6 nitrogen and oxygen atoms in total. The van der Waals surface area contributed by atoms with Crippen LogP contribution in [0.25, 0.3) is 16.9 Å². The number of aromatic nitrogens is 3. The maximum absolute atomic E-state index is 13.7. The first kappa shape index (κ1) is 19.7. The largest absolute Gasteiger partial charge is 0.417 e.